The number of thioether (sulfide) groups is 2. The fraction of sp³-hybridized carbons (Fsp3) is 0.216. The molecule has 0 N–H and O–H groups in total. The summed E-state index contributed by atoms with van der Waals surface area (Å²) in [5, 5.41) is 0. The van der Waals surface area contributed by atoms with E-state index in [0.29, 0.717) is 22.6 Å². The van der Waals surface area contributed by atoms with Crippen molar-refractivity contribution in [3.8, 4) is 22.6 Å². The normalized spacial score (nSPS) is 11.9. The summed E-state index contributed by atoms with van der Waals surface area (Å²) in [4.78, 5) is 39.0. The first-order chi connectivity index (χ1) is 22.7. The van der Waals surface area contributed by atoms with Crippen LogP contribution in [-0.2, 0) is 19.0 Å². The molecular weight excluding hydrogens is 637 g/mol. The molecule has 0 bridgehead atoms. The Hall–Kier alpha value is -4.67. The van der Waals surface area contributed by atoms with Crippen molar-refractivity contribution in [3.63, 3.8) is 0 Å². The summed E-state index contributed by atoms with van der Waals surface area (Å²) in [5.41, 5.74) is 1.55. The van der Waals surface area contributed by atoms with E-state index < -0.39 is 17.5 Å². The van der Waals surface area contributed by atoms with E-state index >= 15 is 0 Å². The SMILES string of the molecule is C=CC(=O)OC(C)(COC(=O)c1ccc(SC)cc1)COc1ccc(-c2ccc(OCCOC(=O)c3ccc(SC)cc3)cc2)cc1. The molecule has 1 atom stereocenters. The Morgan fingerprint density at radius 2 is 1.11 bits per heavy atom. The Balaban J connectivity index is 1.26. The first-order valence-electron chi connectivity index (χ1n) is 14.7. The third kappa shape index (κ3) is 10.7. The second-order valence-corrected chi connectivity index (χ2v) is 12.2. The van der Waals surface area contributed by atoms with Crippen LogP contribution in [0.2, 0.25) is 0 Å². The molecule has 0 heterocycles. The fourth-order valence-corrected chi connectivity index (χ4v) is 5.06. The topological polar surface area (TPSA) is 97.4 Å². The van der Waals surface area contributed by atoms with Crippen molar-refractivity contribution in [1.29, 1.82) is 0 Å². The molecule has 0 spiro atoms. The van der Waals surface area contributed by atoms with E-state index in [1.807, 2.05) is 73.2 Å². The summed E-state index contributed by atoms with van der Waals surface area (Å²) in [6.07, 6.45) is 4.98. The molecule has 0 fully saturated rings. The van der Waals surface area contributed by atoms with Crippen molar-refractivity contribution in [2.45, 2.75) is 22.3 Å². The van der Waals surface area contributed by atoms with Crippen LogP contribution in [0.5, 0.6) is 11.5 Å². The lowest BCUT2D eigenvalue weighted by molar-refractivity contribution is -0.160. The molecule has 4 aromatic carbocycles. The van der Waals surface area contributed by atoms with Crippen molar-refractivity contribution in [2.75, 3.05) is 38.9 Å². The molecule has 0 saturated heterocycles. The maximum absolute atomic E-state index is 12.6. The molecule has 8 nitrogen and oxygen atoms in total. The van der Waals surface area contributed by atoms with Gasteiger partial charge in [0.25, 0.3) is 0 Å². The highest BCUT2D eigenvalue weighted by atomic mass is 32.2. The molecule has 0 aliphatic heterocycles. The van der Waals surface area contributed by atoms with Crippen LogP contribution in [0.15, 0.2) is 120 Å². The van der Waals surface area contributed by atoms with Gasteiger partial charge in [-0.05, 0) is 103 Å². The molecule has 10 heteroatoms. The van der Waals surface area contributed by atoms with Crippen LogP contribution in [0.3, 0.4) is 0 Å². The van der Waals surface area contributed by atoms with E-state index in [1.54, 1.807) is 66.8 Å². The summed E-state index contributed by atoms with van der Waals surface area (Å²) in [6.45, 7) is 5.17. The second-order valence-electron chi connectivity index (χ2n) is 10.4. The number of benzene rings is 4. The van der Waals surface area contributed by atoms with Crippen molar-refractivity contribution in [3.05, 3.63) is 121 Å². The number of rotatable bonds is 16. The molecule has 0 saturated carbocycles. The lowest BCUT2D eigenvalue weighted by Gasteiger charge is -2.28. The van der Waals surface area contributed by atoms with Gasteiger partial charge in [-0.1, -0.05) is 30.8 Å². The molecule has 0 aliphatic carbocycles. The second kappa shape index (κ2) is 17.3. The molecule has 47 heavy (non-hydrogen) atoms. The monoisotopic (exact) mass is 672 g/mol. The minimum atomic E-state index is -1.26. The highest BCUT2D eigenvalue weighted by Crippen LogP contribution is 2.26. The van der Waals surface area contributed by atoms with Gasteiger partial charge >= 0.3 is 17.9 Å². The van der Waals surface area contributed by atoms with E-state index in [9.17, 15) is 14.4 Å². The van der Waals surface area contributed by atoms with Crippen LogP contribution < -0.4 is 9.47 Å². The number of esters is 3. The van der Waals surface area contributed by atoms with Crippen molar-refractivity contribution in [1.82, 2.24) is 0 Å². The van der Waals surface area contributed by atoms with Gasteiger partial charge in [-0.3, -0.25) is 0 Å². The van der Waals surface area contributed by atoms with Crippen LogP contribution in [0.25, 0.3) is 11.1 Å². The number of hydrogen-bond donors (Lipinski definition) is 0. The standard InChI is InChI=1S/C37H36O8S2/c1-5-34(38)45-37(2,25-44-36(40)29-12-20-33(47-4)21-13-29)24-43-31-16-8-27(9-17-31)26-6-14-30(15-7-26)41-22-23-42-35(39)28-10-18-32(46-3)19-11-28/h5-21H,1,22-25H2,2-4H3. The molecule has 0 aliphatic rings. The zero-order valence-corrected chi connectivity index (χ0v) is 28.1. The third-order valence-corrected chi connectivity index (χ3v) is 8.33. The van der Waals surface area contributed by atoms with Gasteiger partial charge in [0.2, 0.25) is 0 Å². The quantitative estimate of drug-likeness (QED) is 0.0386. The van der Waals surface area contributed by atoms with Gasteiger partial charge < -0.3 is 23.7 Å². The number of carbonyl (C=O) groups is 3. The van der Waals surface area contributed by atoms with Crippen molar-refractivity contribution in [2.24, 2.45) is 0 Å². The van der Waals surface area contributed by atoms with Crippen LogP contribution in [-0.4, -0.2) is 62.4 Å². The largest absolute Gasteiger partial charge is 0.490 e. The molecule has 0 amide bonds. The minimum Gasteiger partial charge on any atom is -0.490 e. The Morgan fingerprint density at radius 3 is 1.57 bits per heavy atom. The highest BCUT2D eigenvalue weighted by Gasteiger charge is 2.32. The van der Waals surface area contributed by atoms with E-state index in [2.05, 4.69) is 6.58 Å². The highest BCUT2D eigenvalue weighted by molar-refractivity contribution is 7.98. The van der Waals surface area contributed by atoms with Crippen molar-refractivity contribution >= 4 is 41.4 Å². The first-order valence-corrected chi connectivity index (χ1v) is 17.1. The summed E-state index contributed by atoms with van der Waals surface area (Å²) in [7, 11) is 0. The predicted octanol–water partition coefficient (Wildman–Crippen LogP) is 7.76. The van der Waals surface area contributed by atoms with E-state index in [0.717, 1.165) is 27.0 Å². The number of hydrogen-bond acceptors (Lipinski definition) is 10. The van der Waals surface area contributed by atoms with Gasteiger partial charge in [-0.15, -0.1) is 23.5 Å². The Morgan fingerprint density at radius 1 is 0.638 bits per heavy atom. The van der Waals surface area contributed by atoms with Gasteiger partial charge in [0.05, 0.1) is 11.1 Å². The zero-order valence-electron chi connectivity index (χ0n) is 26.4. The van der Waals surface area contributed by atoms with Crippen LogP contribution >= 0.6 is 23.5 Å². The van der Waals surface area contributed by atoms with Crippen LogP contribution in [0.1, 0.15) is 27.6 Å². The average molecular weight is 673 g/mol. The maximum atomic E-state index is 12.6. The zero-order chi connectivity index (χ0) is 33.6. The van der Waals surface area contributed by atoms with Gasteiger partial charge in [-0.25, -0.2) is 14.4 Å². The van der Waals surface area contributed by atoms with Gasteiger partial charge in [0.1, 0.15) is 37.9 Å². The van der Waals surface area contributed by atoms with E-state index in [1.165, 1.54) is 0 Å². The molecule has 244 valence electrons. The summed E-state index contributed by atoms with van der Waals surface area (Å²) in [6, 6.07) is 29.3. The Labute approximate surface area is 283 Å². The summed E-state index contributed by atoms with van der Waals surface area (Å²) in [5.74, 6) is -0.376. The molecule has 0 aromatic heterocycles. The minimum absolute atomic E-state index is 0.0593. The number of carbonyl (C=O) groups excluding carboxylic acids is 3. The third-order valence-electron chi connectivity index (χ3n) is 6.85. The van der Waals surface area contributed by atoms with Crippen LogP contribution in [0.4, 0.5) is 0 Å². The van der Waals surface area contributed by atoms with Crippen LogP contribution in [0, 0.1) is 0 Å². The first kappa shape index (κ1) is 35.2. The average Bonchev–Trinajstić information content (AvgIpc) is 3.12. The molecule has 4 rings (SSSR count). The summed E-state index contributed by atoms with van der Waals surface area (Å²) < 4.78 is 28.0. The lowest BCUT2D eigenvalue weighted by Crippen LogP contribution is -2.43. The number of ether oxygens (including phenoxy) is 5. The summed E-state index contributed by atoms with van der Waals surface area (Å²) >= 11 is 3.18. The Kier molecular flexibility index (Phi) is 13.0. The lowest BCUT2D eigenvalue weighted by atomic mass is 10.1. The molecule has 4 aromatic rings. The Bertz CT molecular complexity index is 1640. The maximum Gasteiger partial charge on any atom is 0.338 e. The smallest absolute Gasteiger partial charge is 0.338 e. The predicted molar refractivity (Wildman–Crippen MR) is 185 cm³/mol. The van der Waals surface area contributed by atoms with Gasteiger partial charge in [0.15, 0.2) is 5.60 Å². The van der Waals surface area contributed by atoms with Crippen molar-refractivity contribution < 1.29 is 38.1 Å². The molecular formula is C37H36O8S2. The van der Waals surface area contributed by atoms with E-state index in [-0.39, 0.29) is 32.4 Å². The molecule has 0 radical (unpaired) electrons. The molecule has 1 unspecified atom stereocenters. The van der Waals surface area contributed by atoms with E-state index in [4.69, 9.17) is 23.7 Å². The fourth-order valence-electron chi connectivity index (χ4n) is 4.24. The van der Waals surface area contributed by atoms with Gasteiger partial charge in [0, 0.05) is 15.9 Å². The van der Waals surface area contributed by atoms with Gasteiger partial charge in [-0.2, -0.15) is 0 Å².